The molecule has 0 aromatic heterocycles. The molecule has 0 aliphatic carbocycles. The number of carbonyl (C=O) groups excluding carboxylic acids is 1. The molecule has 0 radical (unpaired) electrons. The minimum atomic E-state index is -0.409. The van der Waals surface area contributed by atoms with Crippen LogP contribution in [0.5, 0.6) is 5.75 Å². The lowest BCUT2D eigenvalue weighted by Gasteiger charge is -2.27. The highest BCUT2D eigenvalue weighted by atomic mass is 32.2. The number of thioether (sulfide) groups is 1. The molecule has 1 amide bonds. The van der Waals surface area contributed by atoms with Gasteiger partial charge in [0.25, 0.3) is 0 Å². The van der Waals surface area contributed by atoms with E-state index in [-0.39, 0.29) is 17.8 Å². The third-order valence-corrected chi connectivity index (χ3v) is 4.43. The van der Waals surface area contributed by atoms with E-state index in [1.165, 1.54) is 13.2 Å². The fraction of sp³-hybridized carbons (Fsp3) is 0.533. The monoisotopic (exact) mass is 312 g/mol. The molecule has 2 rings (SSSR count). The second-order valence-corrected chi connectivity index (χ2v) is 6.19. The molecule has 21 heavy (non-hydrogen) atoms. The summed E-state index contributed by atoms with van der Waals surface area (Å²) in [7, 11) is 1.44. The molecule has 0 bridgehead atoms. The molecule has 1 heterocycles. The van der Waals surface area contributed by atoms with E-state index in [4.69, 9.17) is 4.74 Å². The highest BCUT2D eigenvalue weighted by molar-refractivity contribution is 7.98. The molecule has 1 saturated heterocycles. The molecule has 116 valence electrons. The summed E-state index contributed by atoms with van der Waals surface area (Å²) in [6.45, 7) is 3.09. The van der Waals surface area contributed by atoms with Crippen LogP contribution in [0.15, 0.2) is 18.2 Å². The van der Waals surface area contributed by atoms with Crippen LogP contribution in [0.25, 0.3) is 0 Å². The van der Waals surface area contributed by atoms with Crippen LogP contribution >= 0.6 is 11.8 Å². The van der Waals surface area contributed by atoms with Crippen LogP contribution in [0.4, 0.5) is 4.39 Å². The summed E-state index contributed by atoms with van der Waals surface area (Å²) in [5.74, 6) is 1.25. The summed E-state index contributed by atoms with van der Waals surface area (Å²) >= 11 is 1.76. The summed E-state index contributed by atoms with van der Waals surface area (Å²) in [5, 5.41) is 3.15. The van der Waals surface area contributed by atoms with Crippen molar-refractivity contribution in [2.45, 2.75) is 13.1 Å². The van der Waals surface area contributed by atoms with E-state index in [0.717, 1.165) is 11.3 Å². The van der Waals surface area contributed by atoms with Crippen LogP contribution in [0, 0.1) is 11.7 Å². The van der Waals surface area contributed by atoms with Crippen molar-refractivity contribution >= 4 is 17.7 Å². The molecule has 4 nitrogen and oxygen atoms in total. The van der Waals surface area contributed by atoms with Crippen LogP contribution in [0.3, 0.4) is 0 Å². The number of hydrogen-bond acceptors (Lipinski definition) is 4. The fourth-order valence-corrected chi connectivity index (χ4v) is 3.24. The van der Waals surface area contributed by atoms with Crippen molar-refractivity contribution in [2.24, 2.45) is 5.92 Å². The van der Waals surface area contributed by atoms with Gasteiger partial charge in [-0.1, -0.05) is 13.0 Å². The molecule has 0 saturated carbocycles. The quantitative estimate of drug-likeness (QED) is 0.875. The van der Waals surface area contributed by atoms with Gasteiger partial charge in [0.2, 0.25) is 5.91 Å². The van der Waals surface area contributed by atoms with Crippen molar-refractivity contribution < 1.29 is 13.9 Å². The number of amides is 1. The number of benzene rings is 1. The van der Waals surface area contributed by atoms with Crippen LogP contribution < -0.4 is 10.1 Å². The van der Waals surface area contributed by atoms with E-state index in [1.807, 2.05) is 0 Å². The Labute approximate surface area is 129 Å². The first-order chi connectivity index (χ1) is 10.1. The van der Waals surface area contributed by atoms with E-state index in [1.54, 1.807) is 28.8 Å². The Morgan fingerprint density at radius 2 is 2.33 bits per heavy atom. The maximum absolute atomic E-state index is 13.9. The first kappa shape index (κ1) is 16.1. The molecule has 1 aromatic rings. The summed E-state index contributed by atoms with van der Waals surface area (Å²) in [6.07, 6.45) is 1.79. The predicted molar refractivity (Wildman–Crippen MR) is 83.0 cm³/mol. The molecule has 1 N–H and O–H groups in total. The van der Waals surface area contributed by atoms with Crippen molar-refractivity contribution in [2.75, 3.05) is 32.2 Å². The largest absolute Gasteiger partial charge is 0.494 e. The number of ether oxygens (including phenoxy) is 1. The Balaban J connectivity index is 2.17. The maximum Gasteiger partial charge on any atom is 0.238 e. The van der Waals surface area contributed by atoms with E-state index in [9.17, 15) is 9.18 Å². The van der Waals surface area contributed by atoms with Gasteiger partial charge in [0.1, 0.15) is 6.17 Å². The number of rotatable bonds is 6. The summed E-state index contributed by atoms with van der Waals surface area (Å²) in [6, 6.07) is 4.82. The minimum Gasteiger partial charge on any atom is -0.494 e. The Bertz CT molecular complexity index is 512. The summed E-state index contributed by atoms with van der Waals surface area (Å²) < 4.78 is 18.8. The zero-order valence-electron chi connectivity index (χ0n) is 12.6. The number of methoxy groups -OCH3 is 1. The second kappa shape index (κ2) is 7.13. The smallest absolute Gasteiger partial charge is 0.238 e. The molecule has 1 fully saturated rings. The first-order valence-corrected chi connectivity index (χ1v) is 8.31. The zero-order chi connectivity index (χ0) is 15.4. The highest BCUT2D eigenvalue weighted by Crippen LogP contribution is 2.27. The molecular weight excluding hydrogens is 291 g/mol. The van der Waals surface area contributed by atoms with Crippen LogP contribution in [0.2, 0.25) is 0 Å². The van der Waals surface area contributed by atoms with E-state index < -0.39 is 5.82 Å². The third kappa shape index (κ3) is 3.68. The fourth-order valence-electron chi connectivity index (χ4n) is 2.57. The lowest BCUT2D eigenvalue weighted by Crippen LogP contribution is -2.34. The molecule has 1 aromatic carbocycles. The van der Waals surface area contributed by atoms with Crippen molar-refractivity contribution in [3.05, 3.63) is 29.6 Å². The van der Waals surface area contributed by atoms with Gasteiger partial charge in [-0.25, -0.2) is 4.39 Å². The molecule has 1 aliphatic rings. The van der Waals surface area contributed by atoms with Gasteiger partial charge in [0.05, 0.1) is 13.7 Å². The van der Waals surface area contributed by atoms with Gasteiger partial charge in [-0.05, 0) is 35.6 Å². The third-order valence-electron chi connectivity index (χ3n) is 3.53. The number of nitrogens with zero attached hydrogens (tertiary/aromatic N) is 1. The summed E-state index contributed by atoms with van der Waals surface area (Å²) in [5.41, 5.74) is 0.746. The average Bonchev–Trinajstić information content (AvgIpc) is 2.80. The maximum atomic E-state index is 13.9. The Kier molecular flexibility index (Phi) is 5.47. The first-order valence-electron chi connectivity index (χ1n) is 6.92. The predicted octanol–water partition coefficient (Wildman–Crippen LogP) is 2.26. The van der Waals surface area contributed by atoms with Crippen LogP contribution in [0.1, 0.15) is 18.7 Å². The van der Waals surface area contributed by atoms with Gasteiger partial charge in [-0.2, -0.15) is 11.8 Å². The van der Waals surface area contributed by atoms with Gasteiger partial charge in [-0.3, -0.25) is 10.1 Å². The minimum absolute atomic E-state index is 0.0594. The molecule has 1 aliphatic heterocycles. The molecule has 2 atom stereocenters. The summed E-state index contributed by atoms with van der Waals surface area (Å²) in [4.78, 5) is 13.8. The van der Waals surface area contributed by atoms with Crippen molar-refractivity contribution in [1.82, 2.24) is 10.2 Å². The van der Waals surface area contributed by atoms with Gasteiger partial charge < -0.3 is 9.64 Å². The standard InChI is InChI=1S/C15H21FN2O2S/c1-10(9-21-3)8-18-14(19)7-17-15(18)11-4-5-13(20-2)12(16)6-11/h4-6,10,15,17H,7-9H2,1-3H3. The zero-order valence-corrected chi connectivity index (χ0v) is 13.4. The van der Waals surface area contributed by atoms with Gasteiger partial charge in [-0.15, -0.1) is 0 Å². The molecule has 2 unspecified atom stereocenters. The molecule has 0 spiro atoms. The Morgan fingerprint density at radius 1 is 1.57 bits per heavy atom. The number of carbonyl (C=O) groups is 1. The number of hydrogen-bond donors (Lipinski definition) is 1. The van der Waals surface area contributed by atoms with Crippen LogP contribution in [-0.4, -0.2) is 43.0 Å². The van der Waals surface area contributed by atoms with Crippen molar-refractivity contribution in [1.29, 1.82) is 0 Å². The number of halogens is 1. The second-order valence-electron chi connectivity index (χ2n) is 5.28. The highest BCUT2D eigenvalue weighted by Gasteiger charge is 2.32. The Morgan fingerprint density at radius 3 is 2.95 bits per heavy atom. The lowest BCUT2D eigenvalue weighted by molar-refractivity contribution is -0.128. The molecular formula is C15H21FN2O2S. The lowest BCUT2D eigenvalue weighted by atomic mass is 10.1. The average molecular weight is 312 g/mol. The normalized spacial score (nSPS) is 19.9. The Hall–Kier alpha value is -1.27. The topological polar surface area (TPSA) is 41.6 Å². The number of nitrogens with one attached hydrogen (secondary N) is 1. The van der Waals surface area contributed by atoms with Crippen molar-refractivity contribution in [3.63, 3.8) is 0 Å². The van der Waals surface area contributed by atoms with Crippen LogP contribution in [-0.2, 0) is 4.79 Å². The van der Waals surface area contributed by atoms with Gasteiger partial charge in [0.15, 0.2) is 11.6 Å². The van der Waals surface area contributed by atoms with Gasteiger partial charge in [0, 0.05) is 6.54 Å². The molecule has 6 heteroatoms. The van der Waals surface area contributed by atoms with E-state index >= 15 is 0 Å². The SMILES string of the molecule is COc1ccc(C2NCC(=O)N2CC(C)CSC)cc1F. The van der Waals surface area contributed by atoms with E-state index in [2.05, 4.69) is 18.5 Å². The van der Waals surface area contributed by atoms with E-state index in [0.29, 0.717) is 19.0 Å². The van der Waals surface area contributed by atoms with Crippen molar-refractivity contribution in [3.8, 4) is 5.75 Å². The van der Waals surface area contributed by atoms with Gasteiger partial charge >= 0.3 is 0 Å².